The average Bonchev–Trinajstić information content (AvgIpc) is 2.87. The minimum absolute atomic E-state index is 0.0180. The average molecular weight is 329 g/mol. The van der Waals surface area contributed by atoms with Crippen molar-refractivity contribution in [3.05, 3.63) is 46.9 Å². The number of anilines is 1. The molecule has 0 aliphatic carbocycles. The van der Waals surface area contributed by atoms with Crippen molar-refractivity contribution < 1.29 is 17.6 Å². The Hall–Kier alpha value is -1.99. The van der Waals surface area contributed by atoms with E-state index in [1.165, 1.54) is 18.4 Å². The molecule has 6 nitrogen and oxygen atoms in total. The van der Waals surface area contributed by atoms with Gasteiger partial charge >= 0.3 is 0 Å². The topological polar surface area (TPSA) is 102 Å². The number of primary amides is 1. The number of rotatable bonds is 5. The number of amides is 1. The van der Waals surface area contributed by atoms with Gasteiger partial charge in [-0.25, -0.2) is 8.42 Å². The molecule has 0 spiro atoms. The number of halogens is 1. The van der Waals surface area contributed by atoms with Gasteiger partial charge in [-0.05, 0) is 24.3 Å². The van der Waals surface area contributed by atoms with Crippen molar-refractivity contribution in [2.45, 2.75) is 11.4 Å². The van der Waals surface area contributed by atoms with Crippen LogP contribution < -0.4 is 11.1 Å². The fraction of sp³-hybridized carbons (Fsp3) is 0.154. The minimum atomic E-state index is -3.55. The van der Waals surface area contributed by atoms with Crippen molar-refractivity contribution in [3.63, 3.8) is 0 Å². The summed E-state index contributed by atoms with van der Waals surface area (Å²) in [5.74, 6) is -0.104. The van der Waals surface area contributed by atoms with E-state index in [1.807, 2.05) is 0 Å². The van der Waals surface area contributed by atoms with Crippen LogP contribution in [0.2, 0.25) is 5.02 Å². The van der Waals surface area contributed by atoms with Crippen LogP contribution in [0.1, 0.15) is 16.1 Å². The van der Waals surface area contributed by atoms with Gasteiger partial charge in [-0.15, -0.1) is 0 Å². The summed E-state index contributed by atoms with van der Waals surface area (Å²) in [6.45, 7) is 0.307. The molecule has 1 amide bonds. The Morgan fingerprint density at radius 2 is 2.14 bits per heavy atom. The molecule has 1 heterocycles. The summed E-state index contributed by atoms with van der Waals surface area (Å²) >= 11 is 5.96. The van der Waals surface area contributed by atoms with E-state index >= 15 is 0 Å². The van der Waals surface area contributed by atoms with Crippen molar-refractivity contribution in [3.8, 4) is 0 Å². The molecule has 0 saturated carbocycles. The van der Waals surface area contributed by atoms with E-state index in [1.54, 1.807) is 12.1 Å². The molecule has 0 unspecified atom stereocenters. The lowest BCUT2D eigenvalue weighted by molar-refractivity contribution is 0.100. The highest BCUT2D eigenvalue weighted by atomic mass is 35.5. The van der Waals surface area contributed by atoms with Crippen LogP contribution in [0.3, 0.4) is 0 Å². The van der Waals surface area contributed by atoms with Crippen LogP contribution in [-0.2, 0) is 16.4 Å². The van der Waals surface area contributed by atoms with Crippen molar-refractivity contribution in [2.24, 2.45) is 5.73 Å². The molecule has 0 radical (unpaired) electrons. The predicted octanol–water partition coefficient (Wildman–Crippen LogP) is 2.05. The van der Waals surface area contributed by atoms with Crippen molar-refractivity contribution in [2.75, 3.05) is 11.6 Å². The van der Waals surface area contributed by atoms with Crippen molar-refractivity contribution in [1.29, 1.82) is 0 Å². The summed E-state index contributed by atoms with van der Waals surface area (Å²) in [5, 5.41) is 2.96. The highest BCUT2D eigenvalue weighted by Gasteiger charge is 2.18. The van der Waals surface area contributed by atoms with E-state index in [4.69, 9.17) is 21.8 Å². The van der Waals surface area contributed by atoms with Crippen molar-refractivity contribution >= 4 is 33.0 Å². The van der Waals surface area contributed by atoms with Gasteiger partial charge in [-0.2, -0.15) is 0 Å². The Morgan fingerprint density at radius 3 is 2.67 bits per heavy atom. The second-order valence-corrected chi connectivity index (χ2v) is 6.79. The molecule has 0 saturated heterocycles. The number of furan rings is 1. The molecule has 0 bridgehead atoms. The summed E-state index contributed by atoms with van der Waals surface area (Å²) in [7, 11) is -3.55. The van der Waals surface area contributed by atoms with Gasteiger partial charge in [-0.3, -0.25) is 4.79 Å². The minimum Gasteiger partial charge on any atom is -0.467 e. The summed E-state index contributed by atoms with van der Waals surface area (Å²) in [4.78, 5) is 11.4. The Morgan fingerprint density at radius 1 is 1.43 bits per heavy atom. The number of nitrogens with two attached hydrogens (primary N) is 1. The lowest BCUT2D eigenvalue weighted by Crippen LogP contribution is -2.15. The normalized spacial score (nSPS) is 11.3. The van der Waals surface area contributed by atoms with Gasteiger partial charge in [-0.1, -0.05) is 11.6 Å². The first-order chi connectivity index (χ1) is 9.79. The maximum absolute atomic E-state index is 11.6. The molecule has 112 valence electrons. The summed E-state index contributed by atoms with van der Waals surface area (Å²) in [6.07, 6.45) is 2.53. The molecule has 0 fully saturated rings. The Kier molecular flexibility index (Phi) is 4.24. The van der Waals surface area contributed by atoms with Gasteiger partial charge in [0.05, 0.1) is 28.3 Å². The second kappa shape index (κ2) is 5.79. The first kappa shape index (κ1) is 15.4. The summed E-state index contributed by atoms with van der Waals surface area (Å²) in [5.41, 5.74) is 5.68. The van der Waals surface area contributed by atoms with Gasteiger partial charge in [0, 0.05) is 11.9 Å². The highest BCUT2D eigenvalue weighted by Crippen LogP contribution is 2.29. The van der Waals surface area contributed by atoms with Crippen molar-refractivity contribution in [1.82, 2.24) is 0 Å². The van der Waals surface area contributed by atoms with E-state index in [2.05, 4.69) is 5.32 Å². The quantitative estimate of drug-likeness (QED) is 0.874. The van der Waals surface area contributed by atoms with E-state index in [9.17, 15) is 13.2 Å². The lowest BCUT2D eigenvalue weighted by Gasteiger charge is -2.12. The molecule has 0 atom stereocenters. The van der Waals surface area contributed by atoms with Gasteiger partial charge in [0.15, 0.2) is 9.84 Å². The fourth-order valence-electron chi connectivity index (χ4n) is 1.78. The van der Waals surface area contributed by atoms with Gasteiger partial charge in [0.25, 0.3) is 5.91 Å². The van der Waals surface area contributed by atoms with Crippen LogP contribution in [0.15, 0.2) is 39.8 Å². The highest BCUT2D eigenvalue weighted by molar-refractivity contribution is 7.90. The Labute approximate surface area is 126 Å². The molecule has 2 aromatic rings. The van der Waals surface area contributed by atoms with Crippen LogP contribution in [0.25, 0.3) is 0 Å². The van der Waals surface area contributed by atoms with Crippen LogP contribution in [0.4, 0.5) is 5.69 Å². The zero-order chi connectivity index (χ0) is 15.6. The second-order valence-electron chi connectivity index (χ2n) is 4.40. The predicted molar refractivity (Wildman–Crippen MR) is 79.1 cm³/mol. The molecule has 1 aromatic carbocycles. The Bertz CT molecular complexity index is 770. The van der Waals surface area contributed by atoms with Gasteiger partial charge in [0.2, 0.25) is 0 Å². The standard InChI is InChI=1S/C13H13ClN2O4S/c1-21(18,19)12-5-9(13(15)17)11(6-10(12)14)16-7-8-3-2-4-20-8/h2-6,16H,7H2,1H3,(H2,15,17). The molecular weight excluding hydrogens is 316 g/mol. The van der Waals surface area contributed by atoms with E-state index in [0.29, 0.717) is 18.0 Å². The first-order valence-corrected chi connectivity index (χ1v) is 8.15. The molecule has 1 aromatic heterocycles. The molecule has 21 heavy (non-hydrogen) atoms. The third-order valence-corrected chi connectivity index (χ3v) is 4.33. The van der Waals surface area contributed by atoms with Crippen LogP contribution in [-0.4, -0.2) is 20.6 Å². The summed E-state index contributed by atoms with van der Waals surface area (Å²) < 4.78 is 28.4. The molecule has 8 heteroatoms. The lowest BCUT2D eigenvalue weighted by atomic mass is 10.1. The van der Waals surface area contributed by atoms with E-state index in [-0.39, 0.29) is 15.5 Å². The number of hydrogen-bond acceptors (Lipinski definition) is 5. The summed E-state index contributed by atoms with van der Waals surface area (Å²) in [6, 6.07) is 6.01. The molecule has 0 aliphatic rings. The van der Waals surface area contributed by atoms with E-state index < -0.39 is 15.7 Å². The van der Waals surface area contributed by atoms with Gasteiger partial charge < -0.3 is 15.5 Å². The van der Waals surface area contributed by atoms with Crippen LogP contribution >= 0.6 is 11.6 Å². The monoisotopic (exact) mass is 328 g/mol. The smallest absolute Gasteiger partial charge is 0.250 e. The number of benzene rings is 1. The number of carbonyl (C=O) groups excluding carboxylic acids is 1. The SMILES string of the molecule is CS(=O)(=O)c1cc(C(N)=O)c(NCc2ccco2)cc1Cl. The molecular formula is C13H13ClN2O4S. The zero-order valence-corrected chi connectivity index (χ0v) is 12.7. The van der Waals surface area contributed by atoms with E-state index in [0.717, 1.165) is 6.26 Å². The van der Waals surface area contributed by atoms with Gasteiger partial charge in [0.1, 0.15) is 5.76 Å². The number of nitrogens with one attached hydrogen (secondary N) is 1. The maximum atomic E-state index is 11.6. The molecule has 0 aliphatic heterocycles. The number of sulfone groups is 1. The Balaban J connectivity index is 2.41. The first-order valence-electron chi connectivity index (χ1n) is 5.88. The number of carbonyl (C=O) groups is 1. The largest absolute Gasteiger partial charge is 0.467 e. The molecule has 2 rings (SSSR count). The zero-order valence-electron chi connectivity index (χ0n) is 11.1. The van der Waals surface area contributed by atoms with Crippen LogP contribution in [0.5, 0.6) is 0 Å². The third kappa shape index (κ3) is 3.56. The fourth-order valence-corrected chi connectivity index (χ4v) is 3.11. The maximum Gasteiger partial charge on any atom is 0.250 e. The molecule has 3 N–H and O–H groups in total. The van der Waals surface area contributed by atoms with Crippen LogP contribution in [0, 0.1) is 0 Å². The third-order valence-electron chi connectivity index (χ3n) is 2.77. The number of hydrogen-bond donors (Lipinski definition) is 2.